The van der Waals surface area contributed by atoms with Gasteiger partial charge in [0.05, 0.1) is 24.7 Å². The van der Waals surface area contributed by atoms with Gasteiger partial charge in [0.15, 0.2) is 14.6 Å². The van der Waals surface area contributed by atoms with E-state index in [-0.39, 0.29) is 23.2 Å². The predicted octanol–water partition coefficient (Wildman–Crippen LogP) is 5.82. The first-order chi connectivity index (χ1) is 14.7. The lowest BCUT2D eigenvalue weighted by atomic mass is 9.86. The largest absolute Gasteiger partial charge is 0.414 e. The molecule has 4 atom stereocenters. The van der Waals surface area contributed by atoms with E-state index in [0.717, 1.165) is 5.57 Å². The van der Waals surface area contributed by atoms with Crippen LogP contribution in [-0.4, -0.2) is 60.8 Å². The summed E-state index contributed by atoms with van der Waals surface area (Å²) in [6.07, 6.45) is 0.168. The molecule has 0 bridgehead atoms. The molecule has 0 saturated heterocycles. The first-order valence-electron chi connectivity index (χ1n) is 12.1. The number of aliphatic hydroxyl groups excluding tert-OH is 1. The summed E-state index contributed by atoms with van der Waals surface area (Å²) in [7, 11) is -5.27. The molecule has 0 amide bonds. The molecule has 0 aromatic carbocycles. The van der Waals surface area contributed by atoms with Crippen molar-refractivity contribution >= 4 is 24.5 Å². The van der Waals surface area contributed by atoms with E-state index in [9.17, 15) is 5.11 Å². The van der Waals surface area contributed by atoms with E-state index in [0.29, 0.717) is 6.61 Å². The van der Waals surface area contributed by atoms with Crippen LogP contribution in [0, 0.1) is 28.8 Å². The smallest absolute Gasteiger partial charge is 0.192 e. The molecule has 0 unspecified atom stereocenters. The molecule has 0 radical (unpaired) electrons. The highest BCUT2D eigenvalue weighted by molar-refractivity contribution is 6.84. The molecule has 188 valence electrons. The molecule has 0 aliphatic carbocycles. The van der Waals surface area contributed by atoms with Crippen molar-refractivity contribution in [2.24, 2.45) is 5.92 Å². The molecule has 1 N–H and O–H groups in total. The summed E-state index contributed by atoms with van der Waals surface area (Å²) in [6, 6.07) is 0. The first-order valence-corrected chi connectivity index (χ1v) is 22.0. The molecular formula is C26H48O4Si3. The molecular weight excluding hydrogens is 461 g/mol. The molecule has 0 fully saturated rings. The molecule has 4 nitrogen and oxygen atoms in total. The predicted molar refractivity (Wildman–Crippen MR) is 148 cm³/mol. The van der Waals surface area contributed by atoms with Crippen LogP contribution in [0.4, 0.5) is 0 Å². The maximum absolute atomic E-state index is 11.3. The monoisotopic (exact) mass is 508 g/mol. The summed E-state index contributed by atoms with van der Waals surface area (Å²) in [5.41, 5.74) is 7.65. The Labute approximate surface area is 207 Å². The van der Waals surface area contributed by atoms with Crippen LogP contribution in [0.3, 0.4) is 0 Å². The summed E-state index contributed by atoms with van der Waals surface area (Å²) in [5.74, 6) is 6.17. The van der Waals surface area contributed by atoms with Gasteiger partial charge in [0.25, 0.3) is 0 Å². The summed E-state index contributed by atoms with van der Waals surface area (Å²) >= 11 is 0. The van der Waals surface area contributed by atoms with Crippen molar-refractivity contribution in [3.8, 4) is 22.9 Å². The molecule has 1 aliphatic heterocycles. The lowest BCUT2D eigenvalue weighted by Gasteiger charge is -2.41. The first kappa shape index (κ1) is 30.4. The van der Waals surface area contributed by atoms with Crippen LogP contribution >= 0.6 is 0 Å². The maximum atomic E-state index is 11.3. The number of hydrogen-bond acceptors (Lipinski definition) is 4. The van der Waals surface area contributed by atoms with Gasteiger partial charge >= 0.3 is 0 Å². The Morgan fingerprint density at radius 1 is 1.00 bits per heavy atom. The summed E-state index contributed by atoms with van der Waals surface area (Å²) < 4.78 is 18.9. The molecule has 0 saturated carbocycles. The molecule has 0 spiro atoms. The van der Waals surface area contributed by atoms with Gasteiger partial charge in [-0.05, 0) is 38.1 Å². The number of hydrogen-bond donors (Lipinski definition) is 1. The third-order valence-electron chi connectivity index (χ3n) is 5.72. The van der Waals surface area contributed by atoms with Crippen molar-refractivity contribution in [1.82, 2.24) is 0 Å². The molecule has 0 aromatic rings. The second kappa shape index (κ2) is 11.4. The Balaban J connectivity index is 3.46. The van der Waals surface area contributed by atoms with Gasteiger partial charge in [0, 0.05) is 5.57 Å². The lowest BCUT2D eigenvalue weighted by molar-refractivity contribution is -0.189. The fourth-order valence-corrected chi connectivity index (χ4v) is 5.00. The number of ether oxygens (including phenoxy) is 2. The Morgan fingerprint density at radius 3 is 2.00 bits per heavy atom. The average Bonchev–Trinajstić information content (AvgIpc) is 2.60. The SMILES string of the molecule is CC(C)O[C@@H]1C=C(C#C[Si](C)(C)C)[C@H]([C@H](O)C#C[Si](C)(C)C)[C@@H](CO[Si](C)(C)C(C)(C)C)O1. The van der Waals surface area contributed by atoms with Gasteiger partial charge in [-0.1, -0.05) is 71.9 Å². The van der Waals surface area contributed by atoms with Crippen LogP contribution in [-0.2, 0) is 13.9 Å². The third-order valence-corrected chi connectivity index (χ3v) is 12.0. The van der Waals surface area contributed by atoms with Gasteiger partial charge in [-0.25, -0.2) is 0 Å². The van der Waals surface area contributed by atoms with E-state index in [4.69, 9.17) is 13.9 Å². The zero-order valence-corrected chi connectivity index (χ0v) is 26.3. The van der Waals surface area contributed by atoms with Crippen LogP contribution in [0.5, 0.6) is 0 Å². The summed E-state index contributed by atoms with van der Waals surface area (Å²) in [6.45, 7) is 28.7. The minimum absolute atomic E-state index is 0.00701. The molecule has 1 aliphatic rings. The van der Waals surface area contributed by atoms with Crippen molar-refractivity contribution < 1.29 is 19.0 Å². The van der Waals surface area contributed by atoms with Crippen LogP contribution < -0.4 is 0 Å². The van der Waals surface area contributed by atoms with Crippen molar-refractivity contribution in [2.45, 2.75) is 117 Å². The van der Waals surface area contributed by atoms with Crippen LogP contribution in [0.1, 0.15) is 34.6 Å². The topological polar surface area (TPSA) is 47.9 Å². The number of rotatable bonds is 6. The lowest BCUT2D eigenvalue weighted by Crippen LogP contribution is -2.48. The highest BCUT2D eigenvalue weighted by atomic mass is 28.4. The van der Waals surface area contributed by atoms with E-state index in [1.807, 2.05) is 19.9 Å². The second-order valence-corrected chi connectivity index (χ2v) is 27.2. The van der Waals surface area contributed by atoms with Crippen molar-refractivity contribution in [3.63, 3.8) is 0 Å². The Morgan fingerprint density at radius 2 is 1.55 bits per heavy atom. The highest BCUT2D eigenvalue weighted by Crippen LogP contribution is 2.38. The van der Waals surface area contributed by atoms with Crippen LogP contribution in [0.2, 0.25) is 57.4 Å². The minimum Gasteiger partial charge on any atom is -0.414 e. The van der Waals surface area contributed by atoms with Crippen molar-refractivity contribution in [1.29, 1.82) is 0 Å². The van der Waals surface area contributed by atoms with E-state index in [1.54, 1.807) is 0 Å². The zero-order valence-electron chi connectivity index (χ0n) is 23.3. The van der Waals surface area contributed by atoms with E-state index >= 15 is 0 Å². The average molecular weight is 509 g/mol. The van der Waals surface area contributed by atoms with E-state index < -0.39 is 36.9 Å². The Kier molecular flexibility index (Phi) is 10.5. The van der Waals surface area contributed by atoms with Gasteiger partial charge in [-0.2, -0.15) is 0 Å². The molecule has 0 aromatic heterocycles. The fourth-order valence-electron chi connectivity index (χ4n) is 2.88. The third kappa shape index (κ3) is 10.7. The van der Waals surface area contributed by atoms with Gasteiger partial charge in [-0.15, -0.1) is 11.1 Å². The number of aliphatic hydroxyl groups is 1. The minimum atomic E-state index is -2.01. The Hall–Kier alpha value is -0.649. The standard InChI is InChI=1S/C26H48O4Si3/c1-20(2)29-24-18-21(14-16-31(6,7)8)25(22(27)15-17-32(9,10)11)23(30-24)19-28-33(12,13)26(3,4)5/h18,20,22-25,27H,19H2,1-13H3/t22-,23-,24+,25-/m1/s1. The van der Waals surface area contributed by atoms with Crippen LogP contribution in [0.15, 0.2) is 11.6 Å². The molecule has 33 heavy (non-hydrogen) atoms. The zero-order chi connectivity index (χ0) is 25.8. The molecule has 1 rings (SSSR count). The summed E-state index contributed by atoms with van der Waals surface area (Å²) in [4.78, 5) is 0. The molecule has 1 heterocycles. The van der Waals surface area contributed by atoms with Gasteiger partial charge in [-0.3, -0.25) is 0 Å². The van der Waals surface area contributed by atoms with Crippen molar-refractivity contribution in [2.75, 3.05) is 6.61 Å². The van der Waals surface area contributed by atoms with E-state index in [1.165, 1.54) is 0 Å². The van der Waals surface area contributed by atoms with Crippen LogP contribution in [0.25, 0.3) is 0 Å². The van der Waals surface area contributed by atoms with Crippen molar-refractivity contribution in [3.05, 3.63) is 11.6 Å². The normalized spacial score (nSPS) is 23.2. The second-order valence-electron chi connectivity index (χ2n) is 12.9. The van der Waals surface area contributed by atoms with E-state index in [2.05, 4.69) is 96.1 Å². The highest BCUT2D eigenvalue weighted by Gasteiger charge is 2.42. The van der Waals surface area contributed by atoms with Gasteiger partial charge in [0.1, 0.15) is 22.3 Å². The van der Waals surface area contributed by atoms with Gasteiger partial charge in [0.2, 0.25) is 0 Å². The quantitative estimate of drug-likeness (QED) is 0.362. The Bertz CT molecular complexity index is 805. The summed E-state index contributed by atoms with van der Waals surface area (Å²) in [5, 5.41) is 11.3. The maximum Gasteiger partial charge on any atom is 0.192 e. The fraction of sp³-hybridized carbons (Fsp3) is 0.769. The molecule has 7 heteroatoms. The van der Waals surface area contributed by atoms with Gasteiger partial charge < -0.3 is 19.0 Å².